The average Bonchev–Trinajstić information content (AvgIpc) is 2.93. The summed E-state index contributed by atoms with van der Waals surface area (Å²) in [5, 5.41) is 3.40. The zero-order valence-corrected chi connectivity index (χ0v) is 16.1. The zero-order valence-electron chi connectivity index (χ0n) is 14.5. The minimum atomic E-state index is -3.68. The molecule has 2 atom stereocenters. The predicted octanol–water partition coefficient (Wildman–Crippen LogP) is 1.99. The highest BCUT2D eigenvalue weighted by Gasteiger charge is 2.33. The van der Waals surface area contributed by atoms with E-state index in [1.54, 1.807) is 0 Å². The molecule has 2 N–H and O–H groups in total. The Morgan fingerprint density at radius 2 is 2.24 bits per heavy atom. The summed E-state index contributed by atoms with van der Waals surface area (Å²) in [5.41, 5.74) is 0.267. The summed E-state index contributed by atoms with van der Waals surface area (Å²) in [4.78, 5) is 2.35. The maximum absolute atomic E-state index is 13.3. The second-order valence-corrected chi connectivity index (χ2v) is 9.10. The Morgan fingerprint density at radius 1 is 1.44 bits per heavy atom. The standard InChI is InChI=1S/C17H26FN3O2S.ClH/c1-17(7-8-19-12-17)13-21-9-3-5-15(11-21)20-24(22,23)16-6-2-4-14(18)10-16;/h2,4,6,10,15,19-20H,3,5,7-9,11-13H2,1H3;1H. The molecule has 0 saturated carbocycles. The van der Waals surface area contributed by atoms with E-state index in [0.717, 1.165) is 51.5 Å². The zero-order chi connectivity index (χ0) is 17.2. The number of benzene rings is 1. The summed E-state index contributed by atoms with van der Waals surface area (Å²) < 4.78 is 41.0. The number of hydrogen-bond acceptors (Lipinski definition) is 4. The number of nitrogens with zero attached hydrogens (tertiary/aromatic N) is 1. The highest BCUT2D eigenvalue weighted by atomic mass is 35.5. The Bertz CT molecular complexity index is 680. The minimum absolute atomic E-state index is 0. The number of nitrogens with one attached hydrogen (secondary N) is 2. The van der Waals surface area contributed by atoms with Gasteiger partial charge in [0, 0.05) is 25.7 Å². The van der Waals surface area contributed by atoms with E-state index in [0.29, 0.717) is 6.54 Å². The number of sulfonamides is 1. The molecule has 8 heteroatoms. The lowest BCUT2D eigenvalue weighted by Gasteiger charge is -2.37. The maximum atomic E-state index is 13.3. The first-order valence-electron chi connectivity index (χ1n) is 8.57. The van der Waals surface area contributed by atoms with Crippen LogP contribution < -0.4 is 10.0 Å². The fourth-order valence-corrected chi connectivity index (χ4v) is 5.05. The highest BCUT2D eigenvalue weighted by Crippen LogP contribution is 2.27. The molecule has 2 unspecified atom stereocenters. The van der Waals surface area contributed by atoms with Crippen molar-refractivity contribution < 1.29 is 12.8 Å². The summed E-state index contributed by atoms with van der Waals surface area (Å²) in [6.07, 6.45) is 2.95. The normalized spacial score (nSPS) is 27.8. The van der Waals surface area contributed by atoms with E-state index in [-0.39, 0.29) is 28.8 Å². The van der Waals surface area contributed by atoms with Gasteiger partial charge in [-0.05, 0) is 56.0 Å². The third-order valence-electron chi connectivity index (χ3n) is 5.00. The van der Waals surface area contributed by atoms with Crippen molar-refractivity contribution in [1.29, 1.82) is 0 Å². The molecule has 0 spiro atoms. The van der Waals surface area contributed by atoms with E-state index in [9.17, 15) is 12.8 Å². The fourth-order valence-electron chi connectivity index (χ4n) is 3.76. The van der Waals surface area contributed by atoms with E-state index in [1.807, 2.05) is 0 Å². The van der Waals surface area contributed by atoms with E-state index in [1.165, 1.54) is 18.2 Å². The monoisotopic (exact) mass is 391 g/mol. The van der Waals surface area contributed by atoms with Crippen molar-refractivity contribution in [2.45, 2.75) is 37.1 Å². The largest absolute Gasteiger partial charge is 0.316 e. The lowest BCUT2D eigenvalue weighted by atomic mass is 9.88. The van der Waals surface area contributed by atoms with Crippen molar-refractivity contribution in [3.05, 3.63) is 30.1 Å². The van der Waals surface area contributed by atoms with Crippen LogP contribution in [0.3, 0.4) is 0 Å². The first-order chi connectivity index (χ1) is 11.4. The smallest absolute Gasteiger partial charge is 0.240 e. The van der Waals surface area contributed by atoms with Crippen LogP contribution in [0, 0.1) is 11.2 Å². The lowest BCUT2D eigenvalue weighted by molar-refractivity contribution is 0.138. The van der Waals surface area contributed by atoms with Gasteiger partial charge in [-0.3, -0.25) is 0 Å². The van der Waals surface area contributed by atoms with Crippen molar-refractivity contribution in [3.63, 3.8) is 0 Å². The molecule has 2 fully saturated rings. The number of halogens is 2. The molecule has 142 valence electrons. The number of hydrogen-bond donors (Lipinski definition) is 2. The van der Waals surface area contributed by atoms with E-state index >= 15 is 0 Å². The van der Waals surface area contributed by atoms with Crippen LogP contribution in [0.25, 0.3) is 0 Å². The van der Waals surface area contributed by atoms with Gasteiger partial charge in [0.1, 0.15) is 5.82 Å². The van der Waals surface area contributed by atoms with Gasteiger partial charge in [-0.1, -0.05) is 13.0 Å². The molecule has 2 aliphatic rings. The first kappa shape index (κ1) is 20.6. The van der Waals surface area contributed by atoms with Gasteiger partial charge in [0.05, 0.1) is 4.90 Å². The van der Waals surface area contributed by atoms with Crippen molar-refractivity contribution in [1.82, 2.24) is 14.9 Å². The van der Waals surface area contributed by atoms with Gasteiger partial charge in [0.2, 0.25) is 10.0 Å². The molecule has 3 rings (SSSR count). The molecular formula is C17H27ClFN3O2S. The third-order valence-corrected chi connectivity index (χ3v) is 6.51. The maximum Gasteiger partial charge on any atom is 0.240 e. The number of likely N-dealkylation sites (tertiary alicyclic amines) is 1. The average molecular weight is 392 g/mol. The second kappa shape index (κ2) is 8.31. The van der Waals surface area contributed by atoms with Crippen LogP contribution in [0.2, 0.25) is 0 Å². The molecule has 0 aromatic heterocycles. The minimum Gasteiger partial charge on any atom is -0.316 e. The summed E-state index contributed by atoms with van der Waals surface area (Å²) in [6, 6.07) is 5.04. The molecule has 2 heterocycles. The van der Waals surface area contributed by atoms with Gasteiger partial charge in [-0.2, -0.15) is 0 Å². The number of rotatable bonds is 5. The fraction of sp³-hybridized carbons (Fsp3) is 0.647. The van der Waals surface area contributed by atoms with Crippen LogP contribution in [-0.4, -0.2) is 52.1 Å². The highest BCUT2D eigenvalue weighted by molar-refractivity contribution is 7.89. The van der Waals surface area contributed by atoms with Crippen LogP contribution in [0.5, 0.6) is 0 Å². The van der Waals surface area contributed by atoms with Gasteiger partial charge in [-0.25, -0.2) is 17.5 Å². The Balaban J connectivity index is 0.00000225. The van der Waals surface area contributed by atoms with Crippen LogP contribution in [-0.2, 0) is 10.0 Å². The molecule has 2 aliphatic heterocycles. The summed E-state index contributed by atoms with van der Waals surface area (Å²) in [5.74, 6) is -0.537. The van der Waals surface area contributed by atoms with Crippen LogP contribution in [0.1, 0.15) is 26.2 Å². The molecular weight excluding hydrogens is 365 g/mol. The SMILES string of the molecule is CC1(CN2CCCC(NS(=O)(=O)c3cccc(F)c3)C2)CCNC1.Cl. The molecule has 1 aromatic rings. The van der Waals surface area contributed by atoms with Crippen molar-refractivity contribution in [2.24, 2.45) is 5.41 Å². The van der Waals surface area contributed by atoms with Gasteiger partial charge in [0.25, 0.3) is 0 Å². The molecule has 0 amide bonds. The quantitative estimate of drug-likeness (QED) is 0.805. The Labute approximate surface area is 155 Å². The van der Waals surface area contributed by atoms with Crippen LogP contribution >= 0.6 is 12.4 Å². The van der Waals surface area contributed by atoms with Crippen molar-refractivity contribution >= 4 is 22.4 Å². The predicted molar refractivity (Wildman–Crippen MR) is 99.0 cm³/mol. The molecule has 25 heavy (non-hydrogen) atoms. The second-order valence-electron chi connectivity index (χ2n) is 7.39. The van der Waals surface area contributed by atoms with Gasteiger partial charge in [0.15, 0.2) is 0 Å². The molecule has 1 aromatic carbocycles. The van der Waals surface area contributed by atoms with Crippen molar-refractivity contribution in [2.75, 3.05) is 32.7 Å². The summed E-state index contributed by atoms with van der Waals surface area (Å²) in [6.45, 7) is 7.06. The van der Waals surface area contributed by atoms with Gasteiger partial charge in [-0.15, -0.1) is 12.4 Å². The Kier molecular flexibility index (Phi) is 6.84. The Morgan fingerprint density at radius 3 is 2.92 bits per heavy atom. The molecule has 5 nitrogen and oxygen atoms in total. The van der Waals surface area contributed by atoms with E-state index in [2.05, 4.69) is 21.9 Å². The molecule has 0 aliphatic carbocycles. The third kappa shape index (κ3) is 5.37. The van der Waals surface area contributed by atoms with Gasteiger partial charge >= 0.3 is 0 Å². The molecule has 0 bridgehead atoms. The summed E-state index contributed by atoms with van der Waals surface area (Å²) >= 11 is 0. The molecule has 0 radical (unpaired) electrons. The first-order valence-corrected chi connectivity index (χ1v) is 10.1. The van der Waals surface area contributed by atoms with Crippen molar-refractivity contribution in [3.8, 4) is 0 Å². The Hall–Kier alpha value is -0.730. The van der Waals surface area contributed by atoms with Crippen LogP contribution in [0.15, 0.2) is 29.2 Å². The van der Waals surface area contributed by atoms with E-state index in [4.69, 9.17) is 0 Å². The van der Waals surface area contributed by atoms with Crippen LogP contribution in [0.4, 0.5) is 4.39 Å². The molecule has 2 saturated heterocycles. The van der Waals surface area contributed by atoms with Gasteiger partial charge < -0.3 is 10.2 Å². The number of piperidine rings is 1. The topological polar surface area (TPSA) is 61.4 Å². The van der Waals surface area contributed by atoms with E-state index < -0.39 is 15.8 Å². The summed E-state index contributed by atoms with van der Waals surface area (Å²) in [7, 11) is -3.68. The lowest BCUT2D eigenvalue weighted by Crippen LogP contribution is -2.50.